The first-order valence-electron chi connectivity index (χ1n) is 3.56. The Hall–Kier alpha value is -1.03. The van der Waals surface area contributed by atoms with Crippen molar-refractivity contribution in [3.63, 3.8) is 0 Å². The van der Waals surface area contributed by atoms with E-state index in [1.54, 1.807) is 18.3 Å². The molecule has 0 amide bonds. The summed E-state index contributed by atoms with van der Waals surface area (Å²) in [5.74, 6) is -0.0869. The van der Waals surface area contributed by atoms with Crippen molar-refractivity contribution < 1.29 is 9.90 Å². The van der Waals surface area contributed by atoms with E-state index in [1.165, 1.54) is 11.8 Å². The Kier molecular flexibility index (Phi) is 3.10. The van der Waals surface area contributed by atoms with Crippen molar-refractivity contribution in [1.29, 1.82) is 0 Å². The first-order chi connectivity index (χ1) is 5.75. The molecule has 1 aromatic rings. The number of carboxylic acid groups (broad SMARTS) is 1. The third kappa shape index (κ3) is 1.98. The van der Waals surface area contributed by atoms with Crippen LogP contribution in [0.15, 0.2) is 23.4 Å². The van der Waals surface area contributed by atoms with Gasteiger partial charge in [0, 0.05) is 6.20 Å². The van der Waals surface area contributed by atoms with Gasteiger partial charge in [-0.1, -0.05) is 6.92 Å². The first kappa shape index (κ1) is 9.06. The zero-order valence-corrected chi connectivity index (χ0v) is 7.47. The Balaban J connectivity index is 3.00. The number of hydrogen-bond acceptors (Lipinski definition) is 3. The normalized spacial score (nSPS) is 9.75. The number of carboxylic acids is 1. The van der Waals surface area contributed by atoms with E-state index < -0.39 is 5.97 Å². The highest BCUT2D eigenvalue weighted by atomic mass is 32.2. The van der Waals surface area contributed by atoms with Crippen molar-refractivity contribution in [2.45, 2.75) is 11.9 Å². The summed E-state index contributed by atoms with van der Waals surface area (Å²) < 4.78 is 0. The smallest absolute Gasteiger partial charge is 0.338 e. The number of thioether (sulfide) groups is 1. The second-order valence-electron chi connectivity index (χ2n) is 2.09. The summed E-state index contributed by atoms with van der Waals surface area (Å²) in [6.07, 6.45) is 1.60. The molecule has 0 bridgehead atoms. The number of hydrogen-bond donors (Lipinski definition) is 1. The highest BCUT2D eigenvalue weighted by molar-refractivity contribution is 7.99. The molecule has 64 valence electrons. The number of rotatable bonds is 3. The van der Waals surface area contributed by atoms with E-state index in [2.05, 4.69) is 4.98 Å². The molecule has 0 fully saturated rings. The van der Waals surface area contributed by atoms with E-state index in [4.69, 9.17) is 5.11 Å². The molecule has 0 saturated carbocycles. The van der Waals surface area contributed by atoms with Crippen LogP contribution in [0.2, 0.25) is 0 Å². The maximum atomic E-state index is 10.6. The summed E-state index contributed by atoms with van der Waals surface area (Å²) in [6, 6.07) is 3.19. The Morgan fingerprint density at radius 1 is 1.75 bits per heavy atom. The Morgan fingerprint density at radius 3 is 3.08 bits per heavy atom. The van der Waals surface area contributed by atoms with E-state index in [9.17, 15) is 4.79 Å². The van der Waals surface area contributed by atoms with Gasteiger partial charge in [0.2, 0.25) is 0 Å². The number of aromatic carboxylic acids is 1. The van der Waals surface area contributed by atoms with Crippen LogP contribution in [0, 0.1) is 0 Å². The van der Waals surface area contributed by atoms with E-state index in [-0.39, 0.29) is 5.56 Å². The lowest BCUT2D eigenvalue weighted by atomic mass is 10.3. The van der Waals surface area contributed by atoms with Gasteiger partial charge in [0.05, 0.1) is 5.56 Å². The molecule has 3 nitrogen and oxygen atoms in total. The van der Waals surface area contributed by atoms with Gasteiger partial charge in [-0.15, -0.1) is 11.8 Å². The van der Waals surface area contributed by atoms with E-state index >= 15 is 0 Å². The van der Waals surface area contributed by atoms with Gasteiger partial charge in [0.1, 0.15) is 5.03 Å². The van der Waals surface area contributed by atoms with Gasteiger partial charge in [-0.25, -0.2) is 9.78 Å². The summed E-state index contributed by atoms with van der Waals surface area (Å²) in [5, 5.41) is 9.33. The van der Waals surface area contributed by atoms with Gasteiger partial charge in [0.25, 0.3) is 0 Å². The molecule has 4 heteroatoms. The lowest BCUT2D eigenvalue weighted by Crippen LogP contribution is -1.99. The number of carbonyl (C=O) groups is 1. The molecule has 0 radical (unpaired) electrons. The van der Waals surface area contributed by atoms with E-state index in [1.807, 2.05) is 6.92 Å². The van der Waals surface area contributed by atoms with Crippen molar-refractivity contribution in [3.05, 3.63) is 23.9 Å². The maximum absolute atomic E-state index is 10.6. The zero-order chi connectivity index (χ0) is 8.97. The molecule has 0 aliphatic rings. The fourth-order valence-electron chi connectivity index (χ4n) is 0.805. The van der Waals surface area contributed by atoms with Crippen LogP contribution in [-0.4, -0.2) is 21.8 Å². The van der Waals surface area contributed by atoms with Crippen molar-refractivity contribution in [3.8, 4) is 0 Å². The monoisotopic (exact) mass is 183 g/mol. The van der Waals surface area contributed by atoms with Crippen molar-refractivity contribution >= 4 is 17.7 Å². The summed E-state index contributed by atoms with van der Waals surface area (Å²) in [6.45, 7) is 1.96. The maximum Gasteiger partial charge on any atom is 0.338 e. The molecule has 0 aliphatic heterocycles. The minimum absolute atomic E-state index is 0.282. The van der Waals surface area contributed by atoms with Gasteiger partial charge >= 0.3 is 5.97 Å². The van der Waals surface area contributed by atoms with E-state index in [0.29, 0.717) is 5.03 Å². The highest BCUT2D eigenvalue weighted by Gasteiger charge is 2.09. The molecule has 1 N–H and O–H groups in total. The SMILES string of the molecule is CCSc1ncccc1C(=O)O. The molecule has 1 aromatic heterocycles. The van der Waals surface area contributed by atoms with Crippen LogP contribution in [0.25, 0.3) is 0 Å². The van der Waals surface area contributed by atoms with Gasteiger partial charge in [-0.2, -0.15) is 0 Å². The van der Waals surface area contributed by atoms with Gasteiger partial charge < -0.3 is 5.11 Å². The van der Waals surface area contributed by atoms with Gasteiger partial charge in [-0.3, -0.25) is 0 Å². The molecule has 12 heavy (non-hydrogen) atoms. The second kappa shape index (κ2) is 4.11. The third-order valence-electron chi connectivity index (χ3n) is 1.28. The lowest BCUT2D eigenvalue weighted by molar-refractivity contribution is 0.0692. The Bertz CT molecular complexity index is 288. The van der Waals surface area contributed by atoms with Crippen LogP contribution in [0.4, 0.5) is 0 Å². The first-order valence-corrected chi connectivity index (χ1v) is 4.55. The topological polar surface area (TPSA) is 50.2 Å². The fraction of sp³-hybridized carbons (Fsp3) is 0.250. The largest absolute Gasteiger partial charge is 0.478 e. The molecule has 1 heterocycles. The van der Waals surface area contributed by atoms with E-state index in [0.717, 1.165) is 5.75 Å². The zero-order valence-electron chi connectivity index (χ0n) is 6.65. The van der Waals surface area contributed by atoms with Crippen LogP contribution >= 0.6 is 11.8 Å². The van der Waals surface area contributed by atoms with Crippen LogP contribution < -0.4 is 0 Å². The Labute approximate surface area is 74.8 Å². The molecule has 0 atom stereocenters. The minimum atomic E-state index is -0.918. The van der Waals surface area contributed by atoms with Crippen molar-refractivity contribution in [2.24, 2.45) is 0 Å². The summed E-state index contributed by atoms with van der Waals surface area (Å²) in [4.78, 5) is 14.6. The van der Waals surface area contributed by atoms with Crippen molar-refractivity contribution in [2.75, 3.05) is 5.75 Å². The Morgan fingerprint density at radius 2 is 2.50 bits per heavy atom. The number of pyridine rings is 1. The number of nitrogens with zero attached hydrogens (tertiary/aromatic N) is 1. The van der Waals surface area contributed by atoms with Gasteiger partial charge in [0.15, 0.2) is 0 Å². The van der Waals surface area contributed by atoms with Crippen LogP contribution in [0.5, 0.6) is 0 Å². The summed E-state index contributed by atoms with van der Waals surface area (Å²) >= 11 is 1.44. The minimum Gasteiger partial charge on any atom is -0.478 e. The van der Waals surface area contributed by atoms with Gasteiger partial charge in [-0.05, 0) is 17.9 Å². The highest BCUT2D eigenvalue weighted by Crippen LogP contribution is 2.18. The number of aromatic nitrogens is 1. The molecule has 0 aromatic carbocycles. The molecule has 0 saturated heterocycles. The molecule has 0 aliphatic carbocycles. The lowest BCUT2D eigenvalue weighted by Gasteiger charge is -2.00. The summed E-state index contributed by atoms with van der Waals surface area (Å²) in [5.41, 5.74) is 0.282. The molecule has 0 spiro atoms. The van der Waals surface area contributed by atoms with Crippen LogP contribution in [0.1, 0.15) is 17.3 Å². The van der Waals surface area contributed by atoms with Crippen molar-refractivity contribution in [1.82, 2.24) is 4.98 Å². The molecular weight excluding hydrogens is 174 g/mol. The standard InChI is InChI=1S/C8H9NO2S/c1-2-12-7-6(8(10)11)4-3-5-9-7/h3-5H,2H2,1H3,(H,10,11). The average Bonchev–Trinajstić information content (AvgIpc) is 2.05. The quantitative estimate of drug-likeness (QED) is 0.727. The third-order valence-corrected chi connectivity index (χ3v) is 2.17. The molecule has 0 unspecified atom stereocenters. The van der Waals surface area contributed by atoms with Crippen LogP contribution in [-0.2, 0) is 0 Å². The average molecular weight is 183 g/mol. The predicted octanol–water partition coefficient (Wildman–Crippen LogP) is 1.89. The summed E-state index contributed by atoms with van der Waals surface area (Å²) in [7, 11) is 0. The second-order valence-corrected chi connectivity index (χ2v) is 3.35. The molecular formula is C8H9NO2S. The van der Waals surface area contributed by atoms with Crippen LogP contribution in [0.3, 0.4) is 0 Å². The fourth-order valence-corrected chi connectivity index (χ4v) is 1.53. The predicted molar refractivity (Wildman–Crippen MR) is 47.6 cm³/mol. The molecule has 1 rings (SSSR count).